The first kappa shape index (κ1) is 15.2. The Bertz CT molecular complexity index is 517. The van der Waals surface area contributed by atoms with E-state index in [0.29, 0.717) is 0 Å². The molecule has 19 heavy (non-hydrogen) atoms. The van der Waals surface area contributed by atoms with Crippen molar-refractivity contribution in [2.45, 2.75) is 34.6 Å². The van der Waals surface area contributed by atoms with Crippen LogP contribution < -0.4 is 0 Å². The van der Waals surface area contributed by atoms with E-state index in [1.165, 1.54) is 27.8 Å². The molecule has 100 valence electrons. The molecular weight excluding hydrogens is 232 g/mol. The smallest absolute Gasteiger partial charge is 0.150 e. The molecular formula is C18H22O. The third-order valence-corrected chi connectivity index (χ3v) is 3.03. The van der Waals surface area contributed by atoms with E-state index >= 15 is 0 Å². The molecule has 0 aliphatic carbocycles. The quantitative estimate of drug-likeness (QED) is 0.672. The molecule has 0 aromatic heterocycles. The second kappa shape index (κ2) is 6.89. The predicted octanol–water partition coefficient (Wildman–Crippen LogP) is 4.73. The van der Waals surface area contributed by atoms with Gasteiger partial charge in [-0.2, -0.15) is 0 Å². The van der Waals surface area contributed by atoms with Crippen LogP contribution in [0.2, 0.25) is 0 Å². The average Bonchev–Trinajstić information content (AvgIpc) is 2.31. The van der Waals surface area contributed by atoms with Gasteiger partial charge >= 0.3 is 0 Å². The zero-order valence-corrected chi connectivity index (χ0v) is 12.4. The van der Waals surface area contributed by atoms with Crippen molar-refractivity contribution < 1.29 is 4.79 Å². The Morgan fingerprint density at radius 2 is 1.16 bits per heavy atom. The van der Waals surface area contributed by atoms with Crippen molar-refractivity contribution in [2.24, 2.45) is 0 Å². The summed E-state index contributed by atoms with van der Waals surface area (Å²) in [6.45, 7) is 10.4. The van der Waals surface area contributed by atoms with Crippen molar-refractivity contribution in [3.8, 4) is 0 Å². The van der Waals surface area contributed by atoms with Crippen molar-refractivity contribution in [1.29, 1.82) is 0 Å². The van der Waals surface area contributed by atoms with E-state index < -0.39 is 0 Å². The molecule has 0 radical (unpaired) electrons. The molecule has 0 saturated carbocycles. The van der Waals surface area contributed by atoms with Gasteiger partial charge in [0.05, 0.1) is 0 Å². The molecule has 0 spiro atoms. The van der Waals surface area contributed by atoms with Gasteiger partial charge in [-0.05, 0) is 51.8 Å². The average molecular weight is 254 g/mol. The highest BCUT2D eigenvalue weighted by Crippen LogP contribution is 2.07. The zero-order valence-electron chi connectivity index (χ0n) is 12.4. The van der Waals surface area contributed by atoms with Crippen molar-refractivity contribution in [2.75, 3.05) is 0 Å². The van der Waals surface area contributed by atoms with E-state index in [-0.39, 0.29) is 0 Å². The van der Waals surface area contributed by atoms with Gasteiger partial charge in [-0.3, -0.25) is 4.79 Å². The van der Waals surface area contributed by atoms with Crippen LogP contribution >= 0.6 is 0 Å². The molecule has 2 aromatic rings. The summed E-state index contributed by atoms with van der Waals surface area (Å²) in [7, 11) is 0. The number of aryl methyl sites for hydroxylation is 5. The first-order valence-electron chi connectivity index (χ1n) is 6.49. The molecule has 0 aliphatic heterocycles. The highest BCUT2D eigenvalue weighted by atomic mass is 16.1. The van der Waals surface area contributed by atoms with Gasteiger partial charge in [0.1, 0.15) is 6.29 Å². The lowest BCUT2D eigenvalue weighted by Crippen LogP contribution is -1.84. The Balaban J connectivity index is 0.000000191. The number of hydrogen-bond donors (Lipinski definition) is 0. The maximum absolute atomic E-state index is 10.3. The van der Waals surface area contributed by atoms with E-state index in [0.717, 1.165) is 11.8 Å². The summed E-state index contributed by atoms with van der Waals surface area (Å²) in [5.41, 5.74) is 7.21. The standard InChI is InChI=1S/C9H10O.C9H12/c1-7-3-4-9(6-10)5-8(7)2;1-7-4-8(2)6-9(3)5-7/h3-6H,1-2H3;4-6H,1-3H3. The monoisotopic (exact) mass is 254 g/mol. The van der Waals surface area contributed by atoms with Crippen molar-refractivity contribution in [3.05, 3.63) is 69.8 Å². The molecule has 0 atom stereocenters. The summed E-state index contributed by atoms with van der Waals surface area (Å²) < 4.78 is 0. The topological polar surface area (TPSA) is 17.1 Å². The van der Waals surface area contributed by atoms with Crippen LogP contribution in [0.5, 0.6) is 0 Å². The first-order valence-corrected chi connectivity index (χ1v) is 6.49. The van der Waals surface area contributed by atoms with Crippen LogP contribution in [0.3, 0.4) is 0 Å². The minimum atomic E-state index is 0.753. The lowest BCUT2D eigenvalue weighted by atomic mass is 10.1. The molecule has 2 aromatic carbocycles. The molecule has 1 nitrogen and oxygen atoms in total. The van der Waals surface area contributed by atoms with Crippen molar-refractivity contribution in [1.82, 2.24) is 0 Å². The highest BCUT2D eigenvalue weighted by Gasteiger charge is 1.92. The maximum Gasteiger partial charge on any atom is 0.150 e. The third-order valence-electron chi connectivity index (χ3n) is 3.03. The maximum atomic E-state index is 10.3. The molecule has 0 fully saturated rings. The second-order valence-corrected chi connectivity index (χ2v) is 5.13. The summed E-state index contributed by atoms with van der Waals surface area (Å²) in [6.07, 6.45) is 0.867. The van der Waals surface area contributed by atoms with Gasteiger partial charge in [-0.1, -0.05) is 47.0 Å². The molecule has 0 amide bonds. The Labute approximate surface area is 116 Å². The minimum Gasteiger partial charge on any atom is -0.298 e. The summed E-state index contributed by atoms with van der Waals surface area (Å²) in [6, 6.07) is 12.2. The van der Waals surface area contributed by atoms with E-state index in [9.17, 15) is 4.79 Å². The Morgan fingerprint density at radius 1 is 0.684 bits per heavy atom. The number of aldehydes is 1. The molecule has 0 N–H and O–H groups in total. The Hall–Kier alpha value is -1.89. The highest BCUT2D eigenvalue weighted by molar-refractivity contribution is 5.75. The normalized spacial score (nSPS) is 9.53. The van der Waals surface area contributed by atoms with Crippen LogP contribution in [0.25, 0.3) is 0 Å². The number of rotatable bonds is 1. The Morgan fingerprint density at radius 3 is 1.53 bits per heavy atom. The number of hydrogen-bond acceptors (Lipinski definition) is 1. The van der Waals surface area contributed by atoms with Gasteiger partial charge in [0.2, 0.25) is 0 Å². The number of carbonyl (C=O) groups excluding carboxylic acids is 1. The van der Waals surface area contributed by atoms with Gasteiger partial charge in [-0.25, -0.2) is 0 Å². The Kier molecular flexibility index (Phi) is 5.50. The zero-order chi connectivity index (χ0) is 14.4. The minimum absolute atomic E-state index is 0.753. The summed E-state index contributed by atoms with van der Waals surface area (Å²) >= 11 is 0. The van der Waals surface area contributed by atoms with Crippen LogP contribution in [0.4, 0.5) is 0 Å². The van der Waals surface area contributed by atoms with E-state index in [1.807, 2.05) is 32.0 Å². The fourth-order valence-corrected chi connectivity index (χ4v) is 2.04. The van der Waals surface area contributed by atoms with Crippen LogP contribution in [0.1, 0.15) is 38.2 Å². The number of benzene rings is 2. The fraction of sp³-hybridized carbons (Fsp3) is 0.278. The van der Waals surface area contributed by atoms with Gasteiger partial charge in [-0.15, -0.1) is 0 Å². The van der Waals surface area contributed by atoms with Gasteiger partial charge in [0.15, 0.2) is 0 Å². The van der Waals surface area contributed by atoms with Crippen LogP contribution in [0, 0.1) is 34.6 Å². The van der Waals surface area contributed by atoms with E-state index in [1.54, 1.807) is 0 Å². The van der Waals surface area contributed by atoms with Crippen LogP contribution in [-0.2, 0) is 0 Å². The molecule has 2 rings (SSSR count). The fourth-order valence-electron chi connectivity index (χ4n) is 2.04. The lowest BCUT2D eigenvalue weighted by molar-refractivity contribution is 0.112. The second-order valence-electron chi connectivity index (χ2n) is 5.13. The largest absolute Gasteiger partial charge is 0.298 e. The van der Waals surface area contributed by atoms with Gasteiger partial charge in [0.25, 0.3) is 0 Å². The van der Waals surface area contributed by atoms with Crippen LogP contribution in [-0.4, -0.2) is 6.29 Å². The molecule has 0 unspecified atom stereocenters. The van der Waals surface area contributed by atoms with Crippen LogP contribution in [0.15, 0.2) is 36.4 Å². The number of carbonyl (C=O) groups is 1. The molecule has 1 heteroatoms. The molecule has 0 heterocycles. The summed E-state index contributed by atoms with van der Waals surface area (Å²) in [5, 5.41) is 0. The predicted molar refractivity (Wildman–Crippen MR) is 82.0 cm³/mol. The summed E-state index contributed by atoms with van der Waals surface area (Å²) in [5.74, 6) is 0. The van der Waals surface area contributed by atoms with E-state index in [4.69, 9.17) is 0 Å². The molecule has 0 bridgehead atoms. The molecule has 0 saturated heterocycles. The summed E-state index contributed by atoms with van der Waals surface area (Å²) in [4.78, 5) is 10.3. The third kappa shape index (κ3) is 5.09. The first-order chi connectivity index (χ1) is 8.92. The van der Waals surface area contributed by atoms with E-state index in [2.05, 4.69) is 39.0 Å². The lowest BCUT2D eigenvalue weighted by Gasteiger charge is -1.97. The SMILES string of the molecule is Cc1cc(C)cc(C)c1.Cc1ccc(C=O)cc1C. The van der Waals surface area contributed by atoms with Crippen molar-refractivity contribution >= 4 is 6.29 Å². The molecule has 0 aliphatic rings. The van der Waals surface area contributed by atoms with Gasteiger partial charge < -0.3 is 0 Å². The van der Waals surface area contributed by atoms with Gasteiger partial charge in [0, 0.05) is 5.56 Å². The van der Waals surface area contributed by atoms with Crippen molar-refractivity contribution in [3.63, 3.8) is 0 Å².